The molecule has 0 aliphatic carbocycles. The van der Waals surface area contributed by atoms with E-state index >= 15 is 0 Å². The second kappa shape index (κ2) is 17.0. The number of halogens is 1. The first kappa shape index (κ1) is 27.4. The van der Waals surface area contributed by atoms with Crippen molar-refractivity contribution in [2.24, 2.45) is 15.0 Å². The van der Waals surface area contributed by atoms with E-state index in [0.717, 1.165) is 39.3 Å². The van der Waals surface area contributed by atoms with E-state index < -0.39 is 5.83 Å². The lowest BCUT2D eigenvalue weighted by Gasteiger charge is -2.26. The standard InChI is InChI=1S/C22H34FN5O4/c1-5-20(19(23)8-9-25-16-29)32-18(3)21(22(24-4)26-6-2)27-17-31-13-7-10-28-11-14-30-15-12-28/h5-6,8,17,25,29H,3-4,7,9-16H2,1-2H3/b19-8+,20-5+,22-21-,26-6?,27-17?. The van der Waals surface area contributed by atoms with Gasteiger partial charge in [-0.2, -0.15) is 0 Å². The minimum Gasteiger partial charge on any atom is -0.483 e. The molecule has 0 bridgehead atoms. The van der Waals surface area contributed by atoms with Crippen LogP contribution in [0, 0.1) is 0 Å². The van der Waals surface area contributed by atoms with Crippen LogP contribution in [0.15, 0.2) is 62.6 Å². The smallest absolute Gasteiger partial charge is 0.181 e. The first-order valence-corrected chi connectivity index (χ1v) is 10.4. The number of hydrogen-bond donors (Lipinski definition) is 2. The summed E-state index contributed by atoms with van der Waals surface area (Å²) in [5, 5.41) is 11.3. The molecule has 10 heteroatoms. The second-order valence-corrected chi connectivity index (χ2v) is 6.47. The first-order chi connectivity index (χ1) is 15.6. The van der Waals surface area contributed by atoms with Crippen LogP contribution < -0.4 is 5.32 Å². The molecule has 1 fully saturated rings. The molecule has 0 aromatic rings. The Morgan fingerprint density at radius 2 is 2.03 bits per heavy atom. The van der Waals surface area contributed by atoms with Crippen molar-refractivity contribution in [3.63, 3.8) is 0 Å². The molecule has 32 heavy (non-hydrogen) atoms. The molecular weight excluding hydrogens is 417 g/mol. The molecule has 2 N–H and O–H groups in total. The van der Waals surface area contributed by atoms with Crippen molar-refractivity contribution < 1.29 is 23.7 Å². The van der Waals surface area contributed by atoms with Crippen LogP contribution in [0.5, 0.6) is 0 Å². The van der Waals surface area contributed by atoms with Crippen LogP contribution in [-0.4, -0.2) is 82.1 Å². The van der Waals surface area contributed by atoms with Crippen LogP contribution in [-0.2, 0) is 14.2 Å². The lowest BCUT2D eigenvalue weighted by molar-refractivity contribution is 0.0357. The van der Waals surface area contributed by atoms with Crippen LogP contribution in [0.3, 0.4) is 0 Å². The molecule has 0 spiro atoms. The molecule has 0 aromatic heterocycles. The van der Waals surface area contributed by atoms with Crippen molar-refractivity contribution in [2.75, 3.05) is 52.7 Å². The van der Waals surface area contributed by atoms with Gasteiger partial charge in [-0.3, -0.25) is 10.2 Å². The van der Waals surface area contributed by atoms with Gasteiger partial charge in [0.25, 0.3) is 0 Å². The topological polar surface area (TPSA) is 100 Å². The zero-order valence-corrected chi connectivity index (χ0v) is 18.9. The van der Waals surface area contributed by atoms with Gasteiger partial charge in [0.05, 0.1) is 26.6 Å². The number of aliphatic hydroxyl groups excluding tert-OH is 1. The van der Waals surface area contributed by atoms with Gasteiger partial charge in [0.1, 0.15) is 5.76 Å². The molecule has 1 heterocycles. The molecule has 0 unspecified atom stereocenters. The van der Waals surface area contributed by atoms with Gasteiger partial charge in [-0.25, -0.2) is 19.4 Å². The molecule has 1 aliphatic rings. The summed E-state index contributed by atoms with van der Waals surface area (Å²) in [4.78, 5) is 14.5. The normalized spacial score (nSPS) is 17.0. The van der Waals surface area contributed by atoms with Crippen molar-refractivity contribution in [1.29, 1.82) is 0 Å². The van der Waals surface area contributed by atoms with Gasteiger partial charge in [0, 0.05) is 32.4 Å². The number of aliphatic imine (C=N–C) groups is 3. The lowest BCUT2D eigenvalue weighted by Crippen LogP contribution is -2.37. The third-order valence-corrected chi connectivity index (χ3v) is 4.24. The molecule has 9 nitrogen and oxygen atoms in total. The molecule has 0 radical (unpaired) electrons. The summed E-state index contributed by atoms with van der Waals surface area (Å²) in [5.74, 6) is -0.493. The molecule has 1 aliphatic heterocycles. The largest absolute Gasteiger partial charge is 0.483 e. The summed E-state index contributed by atoms with van der Waals surface area (Å²) in [6, 6.07) is 0. The number of hydrogen-bond acceptors (Lipinski definition) is 9. The molecule has 0 saturated carbocycles. The van der Waals surface area contributed by atoms with Gasteiger partial charge in [-0.1, -0.05) is 6.58 Å². The Morgan fingerprint density at radius 3 is 2.66 bits per heavy atom. The number of allylic oxidation sites excluding steroid dienone is 2. The number of nitrogens with zero attached hydrogens (tertiary/aromatic N) is 4. The number of morpholine rings is 1. The summed E-state index contributed by atoms with van der Waals surface area (Å²) in [5.41, 5.74) is 0.159. The van der Waals surface area contributed by atoms with E-state index in [0.29, 0.717) is 6.61 Å². The molecular formula is C22H34FN5O4. The Morgan fingerprint density at radius 1 is 1.28 bits per heavy atom. The number of ether oxygens (including phenoxy) is 3. The molecule has 0 amide bonds. The SMILES string of the molecule is C=N/C(N=CC)=C(/N=COCCCN1CCOCC1)C(=C)OC(=C/C)/C(F)=C\CNCO. The Hall–Kier alpha value is -2.66. The average Bonchev–Trinajstić information content (AvgIpc) is 2.81. The summed E-state index contributed by atoms with van der Waals surface area (Å²) < 4.78 is 30.7. The third kappa shape index (κ3) is 10.6. The van der Waals surface area contributed by atoms with E-state index in [1.807, 2.05) is 0 Å². The highest BCUT2D eigenvalue weighted by molar-refractivity contribution is 5.58. The summed E-state index contributed by atoms with van der Waals surface area (Å²) in [6.45, 7) is 15.3. The van der Waals surface area contributed by atoms with E-state index in [-0.39, 0.29) is 36.3 Å². The average molecular weight is 452 g/mol. The number of rotatable bonds is 15. The van der Waals surface area contributed by atoms with Crippen LogP contribution in [0.1, 0.15) is 20.3 Å². The highest BCUT2D eigenvalue weighted by Gasteiger charge is 2.14. The van der Waals surface area contributed by atoms with Crippen molar-refractivity contribution in [1.82, 2.24) is 10.2 Å². The Kier molecular flexibility index (Phi) is 14.5. The van der Waals surface area contributed by atoms with Crippen LogP contribution >= 0.6 is 0 Å². The maximum atomic E-state index is 14.3. The molecule has 1 rings (SSSR count). The van der Waals surface area contributed by atoms with E-state index in [9.17, 15) is 4.39 Å². The zero-order chi connectivity index (χ0) is 23.6. The van der Waals surface area contributed by atoms with Crippen molar-refractivity contribution in [3.8, 4) is 0 Å². The van der Waals surface area contributed by atoms with E-state index in [4.69, 9.17) is 19.3 Å². The Bertz CT molecular complexity index is 741. The Balaban J connectivity index is 2.76. The van der Waals surface area contributed by atoms with Gasteiger partial charge < -0.3 is 19.3 Å². The van der Waals surface area contributed by atoms with E-state index in [1.165, 1.54) is 24.8 Å². The van der Waals surface area contributed by atoms with Gasteiger partial charge in [-0.05, 0) is 39.1 Å². The molecule has 1 saturated heterocycles. The highest BCUT2D eigenvalue weighted by Crippen LogP contribution is 2.24. The van der Waals surface area contributed by atoms with Crippen molar-refractivity contribution in [2.45, 2.75) is 20.3 Å². The quantitative estimate of drug-likeness (QED) is 0.0991. The zero-order valence-electron chi connectivity index (χ0n) is 18.9. The fraction of sp³-hybridized carbons (Fsp3) is 0.500. The number of aliphatic hydroxyl groups is 1. The minimum atomic E-state index is -0.621. The van der Waals surface area contributed by atoms with Crippen LogP contribution in [0.25, 0.3) is 0 Å². The van der Waals surface area contributed by atoms with Gasteiger partial charge >= 0.3 is 0 Å². The molecule has 178 valence electrons. The third-order valence-electron chi connectivity index (χ3n) is 4.24. The van der Waals surface area contributed by atoms with Crippen molar-refractivity contribution in [3.05, 3.63) is 47.6 Å². The predicted molar refractivity (Wildman–Crippen MR) is 125 cm³/mol. The minimum absolute atomic E-state index is 0.0259. The van der Waals surface area contributed by atoms with Gasteiger partial charge in [0.2, 0.25) is 0 Å². The van der Waals surface area contributed by atoms with Gasteiger partial charge in [-0.15, -0.1) is 0 Å². The monoisotopic (exact) mass is 451 g/mol. The lowest BCUT2D eigenvalue weighted by atomic mass is 10.3. The fourth-order valence-electron chi connectivity index (χ4n) is 2.65. The second-order valence-electron chi connectivity index (χ2n) is 6.47. The summed E-state index contributed by atoms with van der Waals surface area (Å²) in [6.07, 6.45) is 6.31. The van der Waals surface area contributed by atoms with Crippen LogP contribution in [0.4, 0.5) is 4.39 Å². The maximum absolute atomic E-state index is 14.3. The molecule has 0 atom stereocenters. The highest BCUT2D eigenvalue weighted by atomic mass is 19.1. The first-order valence-electron chi connectivity index (χ1n) is 10.4. The fourth-order valence-corrected chi connectivity index (χ4v) is 2.65. The molecule has 0 aromatic carbocycles. The summed E-state index contributed by atoms with van der Waals surface area (Å²) in [7, 11) is 0. The van der Waals surface area contributed by atoms with Gasteiger partial charge in [0.15, 0.2) is 29.5 Å². The van der Waals surface area contributed by atoms with Crippen LogP contribution in [0.2, 0.25) is 0 Å². The maximum Gasteiger partial charge on any atom is 0.181 e. The summed E-state index contributed by atoms with van der Waals surface area (Å²) >= 11 is 0. The van der Waals surface area contributed by atoms with Crippen molar-refractivity contribution >= 4 is 19.3 Å². The van der Waals surface area contributed by atoms with E-state index in [1.54, 1.807) is 13.8 Å². The Labute approximate surface area is 189 Å². The predicted octanol–water partition coefficient (Wildman–Crippen LogP) is 2.54. The number of nitrogens with one attached hydrogen (secondary N) is 1. The van der Waals surface area contributed by atoms with E-state index in [2.05, 4.69) is 38.5 Å².